The van der Waals surface area contributed by atoms with E-state index < -0.39 is 11.7 Å². The van der Waals surface area contributed by atoms with Gasteiger partial charge in [0, 0.05) is 26.4 Å². The summed E-state index contributed by atoms with van der Waals surface area (Å²) in [6, 6.07) is 5.26. The third kappa shape index (κ3) is 2.74. The predicted octanol–water partition coefficient (Wildman–Crippen LogP) is 1.36. The first kappa shape index (κ1) is 16.4. The summed E-state index contributed by atoms with van der Waals surface area (Å²) in [4.78, 5) is 30.6. The third-order valence-corrected chi connectivity index (χ3v) is 4.58. The van der Waals surface area contributed by atoms with Crippen LogP contribution < -0.4 is 4.40 Å². The van der Waals surface area contributed by atoms with Crippen LogP contribution in [0.2, 0.25) is 4.47 Å². The van der Waals surface area contributed by atoms with Gasteiger partial charge in [0.2, 0.25) is 0 Å². The van der Waals surface area contributed by atoms with E-state index in [1.54, 1.807) is 35.2 Å². The van der Waals surface area contributed by atoms with Gasteiger partial charge in [-0.15, -0.1) is 11.3 Å². The van der Waals surface area contributed by atoms with Crippen LogP contribution in [0.3, 0.4) is 0 Å². The summed E-state index contributed by atoms with van der Waals surface area (Å²) in [5.41, 5.74) is 0.513. The highest BCUT2D eigenvalue weighted by Crippen LogP contribution is 2.24. The van der Waals surface area contributed by atoms with E-state index >= 15 is 0 Å². The van der Waals surface area contributed by atoms with Crippen molar-refractivity contribution >= 4 is 40.3 Å². The van der Waals surface area contributed by atoms with Gasteiger partial charge in [-0.1, -0.05) is 17.7 Å². The molecule has 0 spiro atoms. The molecule has 0 bridgehead atoms. The van der Waals surface area contributed by atoms with Crippen LogP contribution in [0.5, 0.6) is 5.88 Å². The minimum absolute atomic E-state index is 0.0653. The van der Waals surface area contributed by atoms with E-state index in [1.807, 2.05) is 0 Å². The largest absolute Gasteiger partial charge is 0.474 e. The van der Waals surface area contributed by atoms with Gasteiger partial charge in [-0.25, -0.2) is 9.55 Å². The van der Waals surface area contributed by atoms with Crippen LogP contribution in [0.1, 0.15) is 15.4 Å². The number of amides is 1. The maximum Gasteiger partial charge on any atom is 0.339 e. The molecule has 0 atom stereocenters. The lowest BCUT2D eigenvalue weighted by atomic mass is 10.2. The van der Waals surface area contributed by atoms with Crippen molar-refractivity contribution in [2.45, 2.75) is 6.54 Å². The molecule has 0 saturated carbocycles. The van der Waals surface area contributed by atoms with E-state index in [-0.39, 0.29) is 18.1 Å². The maximum absolute atomic E-state index is 12.6. The summed E-state index contributed by atoms with van der Waals surface area (Å²) in [7, 11) is 2.97. The standard InChI is InChI=1S/C15H13ClN4O3S/c1-18(2)14(23)12(21)11-13(22)19-6-4-3-5-10(19)20(11)8-9-7-17-15(16)24-9/h3-7H,8H2,1-2H3/p+1. The average Bonchev–Trinajstić information content (AvgIpc) is 3.09. The number of likely N-dealkylation sites (N-methyl/N-ethyl adjacent to an activating group) is 1. The highest BCUT2D eigenvalue weighted by Gasteiger charge is 2.35. The molecule has 0 saturated heterocycles. The van der Waals surface area contributed by atoms with Crippen molar-refractivity contribution in [3.63, 3.8) is 0 Å². The monoisotopic (exact) mass is 365 g/mol. The summed E-state index contributed by atoms with van der Waals surface area (Å²) in [6.07, 6.45) is 3.23. The van der Waals surface area contributed by atoms with E-state index in [4.69, 9.17) is 11.6 Å². The number of Topliss-reactive ketones (excluding diaryl/α,β-unsaturated/α-hetero) is 1. The molecular weight excluding hydrogens is 352 g/mol. The van der Waals surface area contributed by atoms with Crippen LogP contribution in [0.4, 0.5) is 0 Å². The summed E-state index contributed by atoms with van der Waals surface area (Å²) in [5, 5.41) is 10.5. The molecule has 1 N–H and O–H groups in total. The highest BCUT2D eigenvalue weighted by atomic mass is 35.5. The van der Waals surface area contributed by atoms with Crippen molar-refractivity contribution in [2.24, 2.45) is 0 Å². The fraction of sp³-hybridized carbons (Fsp3) is 0.200. The molecule has 0 aliphatic heterocycles. The van der Waals surface area contributed by atoms with Gasteiger partial charge < -0.3 is 10.0 Å². The molecule has 24 heavy (non-hydrogen) atoms. The number of nitrogens with zero attached hydrogens (tertiary/aromatic N) is 4. The first-order valence-corrected chi connectivity index (χ1v) is 8.17. The zero-order valence-electron chi connectivity index (χ0n) is 12.9. The molecule has 3 rings (SSSR count). The number of carbonyl (C=O) groups excluding carboxylic acids is 2. The molecule has 0 aliphatic rings. The average molecular weight is 366 g/mol. The number of fused-ring (bicyclic) bond motifs is 1. The minimum Gasteiger partial charge on any atom is -0.474 e. The van der Waals surface area contributed by atoms with Gasteiger partial charge in [0.1, 0.15) is 6.54 Å². The zero-order valence-corrected chi connectivity index (χ0v) is 14.5. The van der Waals surface area contributed by atoms with Crippen molar-refractivity contribution in [1.29, 1.82) is 0 Å². The van der Waals surface area contributed by atoms with Gasteiger partial charge in [-0.3, -0.25) is 9.59 Å². The Balaban J connectivity index is 2.19. The summed E-state index contributed by atoms with van der Waals surface area (Å²) in [6.45, 7) is 0.264. The Hall–Kier alpha value is -2.45. The van der Waals surface area contributed by atoms with Gasteiger partial charge in [0.05, 0.1) is 11.1 Å². The number of thiazole rings is 1. The Labute approximate surface area is 146 Å². The normalized spacial score (nSPS) is 11.0. The number of aromatic nitrogens is 3. The van der Waals surface area contributed by atoms with Crippen LogP contribution in [-0.4, -0.2) is 45.3 Å². The van der Waals surface area contributed by atoms with Crippen molar-refractivity contribution in [3.8, 4) is 5.88 Å². The van der Waals surface area contributed by atoms with Gasteiger partial charge in [0.25, 0.3) is 23.0 Å². The Bertz CT molecular complexity index is 947. The Kier molecular flexibility index (Phi) is 4.25. The van der Waals surface area contributed by atoms with E-state index in [2.05, 4.69) is 4.98 Å². The zero-order chi connectivity index (χ0) is 17.4. The molecule has 3 heterocycles. The van der Waals surface area contributed by atoms with Gasteiger partial charge in [0.15, 0.2) is 4.47 Å². The molecule has 0 radical (unpaired) electrons. The van der Waals surface area contributed by atoms with Gasteiger partial charge >= 0.3 is 5.88 Å². The fourth-order valence-corrected chi connectivity index (χ4v) is 3.35. The summed E-state index contributed by atoms with van der Waals surface area (Å²) in [5.74, 6) is -1.77. The van der Waals surface area contributed by atoms with Crippen LogP contribution in [0.15, 0.2) is 30.6 Å². The smallest absolute Gasteiger partial charge is 0.339 e. The van der Waals surface area contributed by atoms with E-state index in [9.17, 15) is 14.7 Å². The Morgan fingerprint density at radius 2 is 2.17 bits per heavy atom. The quantitative estimate of drug-likeness (QED) is 0.430. The number of rotatable bonds is 4. The number of carbonyl (C=O) groups is 2. The van der Waals surface area contributed by atoms with Crippen molar-refractivity contribution in [1.82, 2.24) is 14.5 Å². The maximum atomic E-state index is 12.6. The van der Waals surface area contributed by atoms with E-state index in [0.717, 1.165) is 4.88 Å². The molecule has 3 aromatic rings. The molecule has 0 fully saturated rings. The molecule has 0 aliphatic carbocycles. The molecule has 1 amide bonds. The highest BCUT2D eigenvalue weighted by molar-refractivity contribution is 7.15. The Morgan fingerprint density at radius 1 is 1.42 bits per heavy atom. The Morgan fingerprint density at radius 3 is 2.79 bits per heavy atom. The fourth-order valence-electron chi connectivity index (χ4n) is 2.38. The molecular formula is C15H14ClN4O3S+. The number of ketones is 1. The van der Waals surface area contributed by atoms with Crippen molar-refractivity contribution in [2.75, 3.05) is 14.1 Å². The topological polar surface area (TPSA) is 79.5 Å². The first-order valence-electron chi connectivity index (χ1n) is 6.98. The second kappa shape index (κ2) is 6.21. The number of hydrogen-bond acceptors (Lipinski definition) is 5. The van der Waals surface area contributed by atoms with Crippen LogP contribution in [-0.2, 0) is 11.3 Å². The predicted molar refractivity (Wildman–Crippen MR) is 88.5 cm³/mol. The van der Waals surface area contributed by atoms with Crippen LogP contribution >= 0.6 is 22.9 Å². The molecule has 9 heteroatoms. The summed E-state index contributed by atoms with van der Waals surface area (Å²) < 4.78 is 3.43. The minimum atomic E-state index is -0.781. The number of aromatic hydroxyl groups is 1. The lowest BCUT2D eigenvalue weighted by molar-refractivity contribution is -0.521. The van der Waals surface area contributed by atoms with E-state index in [1.165, 1.54) is 34.7 Å². The molecule has 0 aromatic carbocycles. The molecule has 3 aromatic heterocycles. The SMILES string of the molecule is CN(C)C(=O)C(=O)c1c(O)[n+]2ccccc2n1Cc1cnc(Cl)s1. The van der Waals surface area contributed by atoms with Crippen LogP contribution in [0, 0.1) is 0 Å². The van der Waals surface area contributed by atoms with Gasteiger partial charge in [-0.05, 0) is 6.07 Å². The molecule has 0 unspecified atom stereocenters. The van der Waals surface area contributed by atoms with Crippen LogP contribution in [0.25, 0.3) is 5.65 Å². The van der Waals surface area contributed by atoms with Crippen molar-refractivity contribution < 1.29 is 19.1 Å². The van der Waals surface area contributed by atoms with Gasteiger partial charge in [-0.2, -0.15) is 4.40 Å². The van der Waals surface area contributed by atoms with Crippen molar-refractivity contribution in [3.05, 3.63) is 45.6 Å². The second-order valence-corrected chi connectivity index (χ2v) is 6.99. The van der Waals surface area contributed by atoms with E-state index in [0.29, 0.717) is 10.1 Å². The number of pyridine rings is 1. The lowest BCUT2D eigenvalue weighted by Gasteiger charge is -2.07. The molecule has 7 nitrogen and oxygen atoms in total. The number of imidazole rings is 1. The first-order chi connectivity index (χ1) is 11.4. The third-order valence-electron chi connectivity index (χ3n) is 3.48. The second-order valence-electron chi connectivity index (χ2n) is 5.30. The summed E-state index contributed by atoms with van der Waals surface area (Å²) >= 11 is 7.13. The number of halogens is 1. The molecule has 124 valence electrons. The lowest BCUT2D eigenvalue weighted by Crippen LogP contribution is -2.31. The number of hydrogen-bond donors (Lipinski definition) is 1.